The Morgan fingerprint density at radius 3 is 2.60 bits per heavy atom. The number of pyridine rings is 1. The smallest absolute Gasteiger partial charge is 0.0559 e. The second-order valence-electron chi connectivity index (χ2n) is 6.33. The predicted octanol–water partition coefficient (Wildman–Crippen LogP) is 5.01. The van der Waals surface area contributed by atoms with E-state index in [1.165, 1.54) is 27.6 Å². The van der Waals surface area contributed by atoms with Crippen LogP contribution in [0.3, 0.4) is 0 Å². The third-order valence-corrected chi connectivity index (χ3v) is 4.58. The zero-order valence-electron chi connectivity index (χ0n) is 14.3. The van der Waals surface area contributed by atoms with Crippen molar-refractivity contribution in [2.45, 2.75) is 20.0 Å². The van der Waals surface area contributed by atoms with Gasteiger partial charge in [0.15, 0.2) is 0 Å². The van der Waals surface area contributed by atoms with Gasteiger partial charge in [-0.15, -0.1) is 0 Å². The summed E-state index contributed by atoms with van der Waals surface area (Å²) in [5.74, 6) is 0. The van der Waals surface area contributed by atoms with Gasteiger partial charge in [-0.2, -0.15) is 0 Å². The van der Waals surface area contributed by atoms with Gasteiger partial charge in [0.05, 0.1) is 11.9 Å². The van der Waals surface area contributed by atoms with Crippen LogP contribution in [0.2, 0.25) is 0 Å². The molecule has 4 rings (SSSR count). The molecular weight excluding hydrogens is 306 g/mol. The summed E-state index contributed by atoms with van der Waals surface area (Å²) in [6.45, 7) is 3.77. The Balaban J connectivity index is 1.64. The average molecular weight is 327 g/mol. The average Bonchev–Trinajstić information content (AvgIpc) is 3.00. The van der Waals surface area contributed by atoms with Gasteiger partial charge in [-0.3, -0.25) is 4.98 Å². The van der Waals surface area contributed by atoms with E-state index in [0.29, 0.717) is 0 Å². The predicted molar refractivity (Wildman–Crippen MR) is 104 cm³/mol. The van der Waals surface area contributed by atoms with Crippen molar-refractivity contribution in [1.82, 2.24) is 9.55 Å². The fraction of sp³-hybridized carbons (Fsp3) is 0.136. The van der Waals surface area contributed by atoms with Gasteiger partial charge >= 0.3 is 0 Å². The van der Waals surface area contributed by atoms with Crippen LogP contribution in [0.1, 0.15) is 16.7 Å². The van der Waals surface area contributed by atoms with Crippen molar-refractivity contribution < 1.29 is 0 Å². The number of aromatic nitrogens is 2. The van der Waals surface area contributed by atoms with Crippen LogP contribution in [-0.2, 0) is 13.1 Å². The van der Waals surface area contributed by atoms with E-state index < -0.39 is 0 Å². The van der Waals surface area contributed by atoms with Crippen LogP contribution in [0.4, 0.5) is 5.69 Å². The summed E-state index contributed by atoms with van der Waals surface area (Å²) < 4.78 is 2.33. The Morgan fingerprint density at radius 2 is 1.76 bits per heavy atom. The molecule has 2 heterocycles. The molecule has 0 spiro atoms. The van der Waals surface area contributed by atoms with Gasteiger partial charge in [-0.05, 0) is 35.7 Å². The number of rotatable bonds is 5. The lowest BCUT2D eigenvalue weighted by Crippen LogP contribution is -2.01. The maximum atomic E-state index is 4.21. The van der Waals surface area contributed by atoms with Gasteiger partial charge in [0, 0.05) is 36.4 Å². The minimum absolute atomic E-state index is 0.787. The molecule has 0 unspecified atom stereocenters. The Bertz CT molecular complexity index is 987. The molecule has 0 atom stereocenters. The number of para-hydroxylation sites is 1. The first-order chi connectivity index (χ1) is 12.3. The summed E-state index contributed by atoms with van der Waals surface area (Å²) in [4.78, 5) is 4.21. The van der Waals surface area contributed by atoms with Gasteiger partial charge in [-0.1, -0.05) is 48.5 Å². The molecule has 0 saturated heterocycles. The van der Waals surface area contributed by atoms with E-state index in [4.69, 9.17) is 0 Å². The molecule has 1 N–H and O–H groups in total. The molecule has 3 heteroatoms. The van der Waals surface area contributed by atoms with Gasteiger partial charge in [0.1, 0.15) is 0 Å². The van der Waals surface area contributed by atoms with Crippen molar-refractivity contribution in [2.75, 3.05) is 5.32 Å². The molecule has 0 amide bonds. The molecule has 3 nitrogen and oxygen atoms in total. The molecule has 2 aromatic carbocycles. The van der Waals surface area contributed by atoms with Crippen LogP contribution in [0.5, 0.6) is 0 Å². The second-order valence-corrected chi connectivity index (χ2v) is 6.33. The molecule has 0 aliphatic rings. The highest BCUT2D eigenvalue weighted by molar-refractivity contribution is 5.84. The molecule has 0 radical (unpaired) electrons. The van der Waals surface area contributed by atoms with Crippen molar-refractivity contribution >= 4 is 16.6 Å². The Labute approximate surface area is 148 Å². The number of nitrogens with zero attached hydrogens (tertiary/aromatic N) is 2. The number of benzene rings is 2. The summed E-state index contributed by atoms with van der Waals surface area (Å²) in [6.07, 6.45) is 5.97. The first-order valence-corrected chi connectivity index (χ1v) is 8.56. The van der Waals surface area contributed by atoms with Gasteiger partial charge < -0.3 is 9.88 Å². The van der Waals surface area contributed by atoms with Crippen molar-refractivity contribution in [1.29, 1.82) is 0 Å². The number of aryl methyl sites for hydroxylation is 1. The maximum Gasteiger partial charge on any atom is 0.0559 e. The highest BCUT2D eigenvalue weighted by Crippen LogP contribution is 2.24. The van der Waals surface area contributed by atoms with Crippen LogP contribution >= 0.6 is 0 Å². The first-order valence-electron chi connectivity index (χ1n) is 8.56. The van der Waals surface area contributed by atoms with Gasteiger partial charge in [-0.25, -0.2) is 0 Å². The Hall–Kier alpha value is -3.07. The molecule has 0 aliphatic carbocycles. The molecule has 0 saturated carbocycles. The quantitative estimate of drug-likeness (QED) is 0.559. The van der Waals surface area contributed by atoms with E-state index in [2.05, 4.69) is 82.6 Å². The monoisotopic (exact) mass is 327 g/mol. The minimum Gasteiger partial charge on any atom is -0.379 e. The van der Waals surface area contributed by atoms with E-state index in [1.54, 1.807) is 0 Å². The normalized spacial score (nSPS) is 10.9. The van der Waals surface area contributed by atoms with Gasteiger partial charge in [0.25, 0.3) is 0 Å². The van der Waals surface area contributed by atoms with Crippen LogP contribution in [0.25, 0.3) is 10.9 Å². The topological polar surface area (TPSA) is 29.9 Å². The Kier molecular flexibility index (Phi) is 4.21. The van der Waals surface area contributed by atoms with E-state index in [1.807, 2.05) is 18.5 Å². The lowest BCUT2D eigenvalue weighted by molar-refractivity contribution is 0.831. The number of fused-ring (bicyclic) bond motifs is 1. The maximum absolute atomic E-state index is 4.21. The number of hydrogen-bond donors (Lipinski definition) is 1. The first kappa shape index (κ1) is 15.5. The molecule has 0 aliphatic heterocycles. The van der Waals surface area contributed by atoms with Crippen LogP contribution < -0.4 is 5.32 Å². The largest absolute Gasteiger partial charge is 0.379 e. The minimum atomic E-state index is 0.787. The Morgan fingerprint density at radius 1 is 0.960 bits per heavy atom. The summed E-state index contributed by atoms with van der Waals surface area (Å²) in [6, 6.07) is 21.2. The van der Waals surface area contributed by atoms with E-state index >= 15 is 0 Å². The number of nitrogens with one attached hydrogen (secondary N) is 1. The van der Waals surface area contributed by atoms with Gasteiger partial charge in [0.2, 0.25) is 0 Å². The summed E-state index contributed by atoms with van der Waals surface area (Å²) >= 11 is 0. The highest BCUT2D eigenvalue weighted by Gasteiger charge is 2.09. The zero-order chi connectivity index (χ0) is 17.1. The molecule has 4 aromatic rings. The van der Waals surface area contributed by atoms with Crippen LogP contribution in [0, 0.1) is 6.92 Å². The standard InChI is InChI=1S/C22H21N3/c1-17-11-12-23-14-21(17)24-13-19-16-25(15-18-7-3-2-4-8-18)22-10-6-5-9-20(19)22/h2-12,14,16,24H,13,15H2,1H3. The van der Waals surface area contributed by atoms with E-state index in [0.717, 1.165) is 18.8 Å². The summed E-state index contributed by atoms with van der Waals surface area (Å²) in [5, 5.41) is 4.82. The molecule has 2 aromatic heterocycles. The number of anilines is 1. The van der Waals surface area contributed by atoms with Crippen molar-refractivity contribution in [3.63, 3.8) is 0 Å². The molecular formula is C22H21N3. The van der Waals surface area contributed by atoms with Crippen LogP contribution in [0.15, 0.2) is 79.3 Å². The lowest BCUT2D eigenvalue weighted by atomic mass is 10.1. The highest BCUT2D eigenvalue weighted by atomic mass is 15.0. The molecule has 124 valence electrons. The van der Waals surface area contributed by atoms with E-state index in [9.17, 15) is 0 Å². The summed E-state index contributed by atoms with van der Waals surface area (Å²) in [7, 11) is 0. The summed E-state index contributed by atoms with van der Waals surface area (Å²) in [5.41, 5.74) is 6.18. The van der Waals surface area contributed by atoms with E-state index in [-0.39, 0.29) is 0 Å². The fourth-order valence-electron chi connectivity index (χ4n) is 3.21. The SMILES string of the molecule is Cc1ccncc1NCc1cn(Cc2ccccc2)c2ccccc12. The van der Waals surface area contributed by atoms with Crippen molar-refractivity contribution in [3.05, 3.63) is 95.9 Å². The zero-order valence-corrected chi connectivity index (χ0v) is 14.3. The van der Waals surface area contributed by atoms with Crippen LogP contribution in [-0.4, -0.2) is 9.55 Å². The lowest BCUT2D eigenvalue weighted by Gasteiger charge is -2.08. The third kappa shape index (κ3) is 3.26. The fourth-order valence-corrected chi connectivity index (χ4v) is 3.21. The molecule has 25 heavy (non-hydrogen) atoms. The molecule has 0 fully saturated rings. The number of hydrogen-bond acceptors (Lipinski definition) is 2. The van der Waals surface area contributed by atoms with Crippen molar-refractivity contribution in [2.24, 2.45) is 0 Å². The molecule has 0 bridgehead atoms. The van der Waals surface area contributed by atoms with Crippen molar-refractivity contribution in [3.8, 4) is 0 Å². The third-order valence-electron chi connectivity index (χ3n) is 4.58. The second kappa shape index (κ2) is 6.81.